The number of amides is 1. The van der Waals surface area contributed by atoms with E-state index in [1.54, 1.807) is 0 Å². The van der Waals surface area contributed by atoms with Crippen LogP contribution in [-0.2, 0) is 9.47 Å². The normalized spacial score (nSPS) is 28.4. The highest BCUT2D eigenvalue weighted by Gasteiger charge is 2.34. The molecule has 3 unspecified atom stereocenters. The van der Waals surface area contributed by atoms with Crippen LogP contribution in [0.5, 0.6) is 0 Å². The van der Waals surface area contributed by atoms with E-state index in [0.717, 1.165) is 45.7 Å². The number of likely N-dealkylation sites (tertiary alicyclic amines) is 1. The Labute approximate surface area is 147 Å². The maximum atomic E-state index is 12.4. The molecule has 24 heavy (non-hydrogen) atoms. The van der Waals surface area contributed by atoms with Crippen LogP contribution in [0.2, 0.25) is 0 Å². The van der Waals surface area contributed by atoms with Gasteiger partial charge in [0.2, 0.25) is 0 Å². The van der Waals surface area contributed by atoms with E-state index in [1.165, 1.54) is 6.42 Å². The summed E-state index contributed by atoms with van der Waals surface area (Å²) in [6, 6.07) is 0.492. The molecule has 2 saturated heterocycles. The number of hydrogen-bond acceptors (Lipinski definition) is 4. The van der Waals surface area contributed by atoms with Gasteiger partial charge in [0.15, 0.2) is 0 Å². The molecule has 1 amide bonds. The van der Waals surface area contributed by atoms with Gasteiger partial charge in [0, 0.05) is 32.3 Å². The standard InChI is InChI=1S/C19H36N2O3/c1-14(2)10-16-12-21(18(22)24-19(3,4)5)8-6-17(16)20-11-15-7-9-23-13-15/h14-17,20H,6-13H2,1-5H3. The quantitative estimate of drug-likeness (QED) is 0.834. The molecule has 3 atom stereocenters. The van der Waals surface area contributed by atoms with Crippen molar-refractivity contribution in [3.8, 4) is 0 Å². The molecule has 1 N–H and O–H groups in total. The molecule has 0 bridgehead atoms. The summed E-state index contributed by atoms with van der Waals surface area (Å²) in [7, 11) is 0. The third kappa shape index (κ3) is 6.25. The second-order valence-electron chi connectivity index (χ2n) is 8.85. The number of carbonyl (C=O) groups excluding carboxylic acids is 1. The van der Waals surface area contributed by atoms with Gasteiger partial charge in [-0.2, -0.15) is 0 Å². The first-order valence-corrected chi connectivity index (χ1v) is 9.53. The Balaban J connectivity index is 1.89. The van der Waals surface area contributed by atoms with Crippen LogP contribution in [0.15, 0.2) is 0 Å². The average Bonchev–Trinajstić information content (AvgIpc) is 2.96. The maximum absolute atomic E-state index is 12.4. The highest BCUT2D eigenvalue weighted by atomic mass is 16.6. The summed E-state index contributed by atoms with van der Waals surface area (Å²) in [5.74, 6) is 1.77. The monoisotopic (exact) mass is 340 g/mol. The Bertz CT molecular complexity index is 400. The molecule has 2 heterocycles. The number of piperidine rings is 1. The van der Waals surface area contributed by atoms with E-state index in [9.17, 15) is 4.79 Å². The molecule has 2 aliphatic heterocycles. The molecule has 0 aliphatic carbocycles. The van der Waals surface area contributed by atoms with Gasteiger partial charge < -0.3 is 19.7 Å². The van der Waals surface area contributed by atoms with Gasteiger partial charge in [-0.25, -0.2) is 4.79 Å². The topological polar surface area (TPSA) is 50.8 Å². The Kier molecular flexibility index (Phi) is 6.93. The van der Waals surface area contributed by atoms with Crippen molar-refractivity contribution in [2.24, 2.45) is 17.8 Å². The van der Waals surface area contributed by atoms with E-state index in [4.69, 9.17) is 9.47 Å². The molecule has 0 aromatic rings. The minimum atomic E-state index is -0.428. The van der Waals surface area contributed by atoms with Gasteiger partial charge in [-0.15, -0.1) is 0 Å². The van der Waals surface area contributed by atoms with Gasteiger partial charge in [0.25, 0.3) is 0 Å². The summed E-state index contributed by atoms with van der Waals surface area (Å²) in [6.07, 6.45) is 3.14. The molecule has 5 heteroatoms. The third-order valence-corrected chi connectivity index (χ3v) is 4.85. The fourth-order valence-electron chi connectivity index (χ4n) is 3.70. The number of carbonyl (C=O) groups is 1. The van der Waals surface area contributed by atoms with Crippen molar-refractivity contribution >= 4 is 6.09 Å². The molecule has 0 saturated carbocycles. The summed E-state index contributed by atoms with van der Waals surface area (Å²) in [6.45, 7) is 14.7. The average molecular weight is 341 g/mol. The van der Waals surface area contributed by atoms with E-state index in [1.807, 2.05) is 25.7 Å². The van der Waals surface area contributed by atoms with E-state index >= 15 is 0 Å². The van der Waals surface area contributed by atoms with Crippen molar-refractivity contribution in [2.75, 3.05) is 32.8 Å². The van der Waals surface area contributed by atoms with Crippen LogP contribution in [0.4, 0.5) is 4.79 Å². The second-order valence-corrected chi connectivity index (χ2v) is 8.85. The number of ether oxygens (including phenoxy) is 2. The number of nitrogens with one attached hydrogen (secondary N) is 1. The van der Waals surface area contributed by atoms with Crippen molar-refractivity contribution in [2.45, 2.75) is 65.5 Å². The summed E-state index contributed by atoms with van der Waals surface area (Å²) >= 11 is 0. The van der Waals surface area contributed by atoms with Crippen LogP contribution in [0.3, 0.4) is 0 Å². The lowest BCUT2D eigenvalue weighted by atomic mass is 9.85. The molecule has 0 spiro atoms. The van der Waals surface area contributed by atoms with Gasteiger partial charge in [0.1, 0.15) is 5.60 Å². The highest BCUT2D eigenvalue weighted by Crippen LogP contribution is 2.26. The summed E-state index contributed by atoms with van der Waals surface area (Å²) in [5.41, 5.74) is -0.428. The lowest BCUT2D eigenvalue weighted by molar-refractivity contribution is 0.0115. The van der Waals surface area contributed by atoms with Crippen LogP contribution in [-0.4, -0.2) is 55.5 Å². The van der Waals surface area contributed by atoms with Crippen molar-refractivity contribution in [1.82, 2.24) is 10.2 Å². The van der Waals surface area contributed by atoms with Crippen molar-refractivity contribution in [3.63, 3.8) is 0 Å². The summed E-state index contributed by atoms with van der Waals surface area (Å²) < 4.78 is 11.0. The molecular weight excluding hydrogens is 304 g/mol. The zero-order valence-electron chi connectivity index (χ0n) is 16.1. The zero-order chi connectivity index (χ0) is 17.7. The largest absolute Gasteiger partial charge is 0.444 e. The first kappa shape index (κ1) is 19.5. The minimum Gasteiger partial charge on any atom is -0.444 e. The highest BCUT2D eigenvalue weighted by molar-refractivity contribution is 5.68. The van der Waals surface area contributed by atoms with Crippen molar-refractivity contribution in [1.29, 1.82) is 0 Å². The summed E-state index contributed by atoms with van der Waals surface area (Å²) in [5, 5.41) is 3.77. The smallest absolute Gasteiger partial charge is 0.410 e. The second kappa shape index (κ2) is 8.52. The van der Waals surface area contributed by atoms with Gasteiger partial charge in [-0.3, -0.25) is 0 Å². The maximum Gasteiger partial charge on any atom is 0.410 e. The summed E-state index contributed by atoms with van der Waals surface area (Å²) in [4.78, 5) is 14.3. The van der Waals surface area contributed by atoms with Gasteiger partial charge in [-0.1, -0.05) is 13.8 Å². The molecule has 0 aromatic heterocycles. The molecule has 0 radical (unpaired) electrons. The van der Waals surface area contributed by atoms with Crippen LogP contribution >= 0.6 is 0 Å². The third-order valence-electron chi connectivity index (χ3n) is 4.85. The Morgan fingerprint density at radius 2 is 2.08 bits per heavy atom. The van der Waals surface area contributed by atoms with Crippen LogP contribution in [0.25, 0.3) is 0 Å². The Morgan fingerprint density at radius 1 is 1.33 bits per heavy atom. The van der Waals surface area contributed by atoms with Gasteiger partial charge >= 0.3 is 6.09 Å². The van der Waals surface area contributed by atoms with Gasteiger partial charge in [0.05, 0.1) is 6.61 Å². The van der Waals surface area contributed by atoms with E-state index in [0.29, 0.717) is 23.8 Å². The Morgan fingerprint density at radius 3 is 2.67 bits per heavy atom. The first-order chi connectivity index (χ1) is 11.2. The molecular formula is C19H36N2O3. The fourth-order valence-corrected chi connectivity index (χ4v) is 3.70. The van der Waals surface area contributed by atoms with Crippen LogP contribution < -0.4 is 5.32 Å². The van der Waals surface area contributed by atoms with E-state index < -0.39 is 5.60 Å². The number of hydrogen-bond donors (Lipinski definition) is 1. The molecule has 2 rings (SSSR count). The van der Waals surface area contributed by atoms with E-state index in [-0.39, 0.29) is 6.09 Å². The van der Waals surface area contributed by atoms with Gasteiger partial charge in [-0.05, 0) is 57.8 Å². The molecule has 2 aliphatic rings. The van der Waals surface area contributed by atoms with E-state index in [2.05, 4.69) is 19.2 Å². The van der Waals surface area contributed by atoms with Crippen molar-refractivity contribution in [3.05, 3.63) is 0 Å². The molecule has 5 nitrogen and oxygen atoms in total. The lowest BCUT2D eigenvalue weighted by Crippen LogP contribution is -2.53. The van der Waals surface area contributed by atoms with Crippen LogP contribution in [0.1, 0.15) is 53.9 Å². The SMILES string of the molecule is CC(C)CC1CN(C(=O)OC(C)(C)C)CCC1NCC1CCOC1. The van der Waals surface area contributed by atoms with Crippen molar-refractivity contribution < 1.29 is 14.3 Å². The number of rotatable bonds is 5. The molecule has 140 valence electrons. The minimum absolute atomic E-state index is 0.168. The zero-order valence-corrected chi connectivity index (χ0v) is 16.1. The molecule has 0 aromatic carbocycles. The number of nitrogens with zero attached hydrogens (tertiary/aromatic N) is 1. The first-order valence-electron chi connectivity index (χ1n) is 9.53. The predicted octanol–water partition coefficient (Wildman–Crippen LogP) is 3.28. The Hall–Kier alpha value is -0.810. The van der Waals surface area contributed by atoms with Crippen LogP contribution in [0, 0.1) is 17.8 Å². The molecule has 2 fully saturated rings. The lowest BCUT2D eigenvalue weighted by Gasteiger charge is -2.40. The fraction of sp³-hybridized carbons (Fsp3) is 0.947. The predicted molar refractivity (Wildman–Crippen MR) is 96.1 cm³/mol.